The van der Waals surface area contributed by atoms with Crippen molar-refractivity contribution >= 4 is 60.0 Å². The first-order chi connectivity index (χ1) is 26.8. The van der Waals surface area contributed by atoms with Gasteiger partial charge in [-0.25, -0.2) is 0 Å². The molecule has 1 aliphatic rings. The molecule has 11 rings (SSSR count). The molecule has 0 amide bonds. The van der Waals surface area contributed by atoms with Gasteiger partial charge in [0.1, 0.15) is 0 Å². The molecule has 10 aromatic rings. The highest BCUT2D eigenvalue weighted by atomic mass is 15.0. The van der Waals surface area contributed by atoms with E-state index >= 15 is 0 Å². The van der Waals surface area contributed by atoms with Crippen molar-refractivity contribution in [3.8, 4) is 27.9 Å². The van der Waals surface area contributed by atoms with Crippen molar-refractivity contribution in [3.05, 3.63) is 206 Å². The lowest BCUT2D eigenvalue weighted by molar-refractivity contribution is 0.650. The number of aromatic nitrogens is 2. The summed E-state index contributed by atoms with van der Waals surface area (Å²) in [4.78, 5) is 0. The Morgan fingerprint density at radius 2 is 0.944 bits per heavy atom. The van der Waals surface area contributed by atoms with Crippen LogP contribution in [0.3, 0.4) is 0 Å². The minimum Gasteiger partial charge on any atom is -0.333 e. The van der Waals surface area contributed by atoms with Crippen molar-refractivity contribution in [2.45, 2.75) is 12.5 Å². The van der Waals surface area contributed by atoms with Gasteiger partial charge in [0, 0.05) is 38.3 Å². The predicted molar refractivity (Wildman–Crippen MR) is 229 cm³/mol. The molecule has 54 heavy (non-hydrogen) atoms. The average molecular weight is 689 g/mol. The molecule has 1 aliphatic carbocycles. The summed E-state index contributed by atoms with van der Waals surface area (Å²) in [6.45, 7) is 0. The van der Waals surface area contributed by atoms with Gasteiger partial charge in [-0.15, -0.1) is 0 Å². The zero-order valence-corrected chi connectivity index (χ0v) is 29.7. The maximum absolute atomic E-state index is 2.55. The summed E-state index contributed by atoms with van der Waals surface area (Å²) < 4.78 is 4.96. The fourth-order valence-corrected chi connectivity index (χ4v) is 8.81. The standard InChI is InChI=1S/C52H36N2/c1-2-11-35(12-3-1)37-21-23-38(24-22-37)40-15-10-16-43(31-40)53-49-19-8-6-17-45(49)47-33-41(26-29-51(47)53)42-27-30-52-48(34-42)46-18-7-9-20-50(46)54(52)44-28-25-36-13-4-5-14-39(36)32-44/h1-15,17-34,43H,16H2. The summed E-state index contributed by atoms with van der Waals surface area (Å²) in [6, 6.07) is 66.9. The zero-order chi connectivity index (χ0) is 35.6. The average Bonchev–Trinajstić information content (AvgIpc) is 3.76. The van der Waals surface area contributed by atoms with Gasteiger partial charge in [0.05, 0.1) is 17.1 Å². The number of rotatable bonds is 5. The Balaban J connectivity index is 1.00. The highest BCUT2D eigenvalue weighted by Crippen LogP contribution is 2.40. The molecule has 1 atom stereocenters. The monoisotopic (exact) mass is 688 g/mol. The summed E-state index contributed by atoms with van der Waals surface area (Å²) in [5.41, 5.74) is 13.6. The molecular weight excluding hydrogens is 653 g/mol. The van der Waals surface area contributed by atoms with Gasteiger partial charge in [0.15, 0.2) is 0 Å². The second-order valence-corrected chi connectivity index (χ2v) is 14.5. The van der Waals surface area contributed by atoms with Crippen LogP contribution >= 0.6 is 0 Å². The predicted octanol–water partition coefficient (Wildman–Crippen LogP) is 14.0. The first-order valence-electron chi connectivity index (χ1n) is 18.9. The Bertz CT molecular complexity index is 3120. The Labute approximate surface area is 314 Å². The Kier molecular flexibility index (Phi) is 7.03. The second-order valence-electron chi connectivity index (χ2n) is 14.5. The third-order valence-corrected chi connectivity index (χ3v) is 11.4. The number of hydrogen-bond donors (Lipinski definition) is 0. The number of allylic oxidation sites excluding steroid dienone is 4. The Morgan fingerprint density at radius 1 is 0.389 bits per heavy atom. The normalized spacial score (nSPS) is 14.4. The highest BCUT2D eigenvalue weighted by molar-refractivity contribution is 6.12. The van der Waals surface area contributed by atoms with E-state index in [9.17, 15) is 0 Å². The van der Waals surface area contributed by atoms with Crippen LogP contribution in [0.15, 0.2) is 200 Å². The van der Waals surface area contributed by atoms with E-state index in [1.165, 1.54) is 93.5 Å². The molecule has 0 saturated heterocycles. The summed E-state index contributed by atoms with van der Waals surface area (Å²) in [5, 5.41) is 7.62. The van der Waals surface area contributed by atoms with Crippen LogP contribution in [0.25, 0.3) is 87.9 Å². The van der Waals surface area contributed by atoms with Gasteiger partial charge < -0.3 is 9.13 Å². The third kappa shape index (κ3) is 4.95. The van der Waals surface area contributed by atoms with E-state index in [0.717, 1.165) is 6.42 Å². The Morgan fingerprint density at radius 3 is 1.74 bits per heavy atom. The summed E-state index contributed by atoms with van der Waals surface area (Å²) in [7, 11) is 0. The maximum atomic E-state index is 2.55. The van der Waals surface area contributed by atoms with Crippen LogP contribution < -0.4 is 0 Å². The summed E-state index contributed by atoms with van der Waals surface area (Å²) >= 11 is 0. The van der Waals surface area contributed by atoms with Crippen LogP contribution in [0.1, 0.15) is 18.0 Å². The van der Waals surface area contributed by atoms with Crippen molar-refractivity contribution in [1.29, 1.82) is 0 Å². The van der Waals surface area contributed by atoms with Crippen LogP contribution in [0.2, 0.25) is 0 Å². The third-order valence-electron chi connectivity index (χ3n) is 11.4. The molecule has 8 aromatic carbocycles. The van der Waals surface area contributed by atoms with Gasteiger partial charge >= 0.3 is 0 Å². The van der Waals surface area contributed by atoms with E-state index in [1.54, 1.807) is 0 Å². The minimum atomic E-state index is 0.213. The molecule has 0 radical (unpaired) electrons. The molecule has 0 spiro atoms. The van der Waals surface area contributed by atoms with Gasteiger partial charge in [-0.05, 0) is 99.1 Å². The van der Waals surface area contributed by atoms with Crippen molar-refractivity contribution in [1.82, 2.24) is 9.13 Å². The van der Waals surface area contributed by atoms with Gasteiger partial charge in [-0.3, -0.25) is 0 Å². The van der Waals surface area contributed by atoms with Crippen molar-refractivity contribution < 1.29 is 0 Å². The molecular formula is C52H36N2. The fourth-order valence-electron chi connectivity index (χ4n) is 8.81. The van der Waals surface area contributed by atoms with Gasteiger partial charge in [-0.2, -0.15) is 0 Å². The summed E-state index contributed by atoms with van der Waals surface area (Å²) in [6.07, 6.45) is 8.03. The Hall–Kier alpha value is -6.90. The lowest BCUT2D eigenvalue weighted by Crippen LogP contribution is -2.08. The minimum absolute atomic E-state index is 0.213. The van der Waals surface area contributed by atoms with E-state index in [2.05, 4.69) is 209 Å². The van der Waals surface area contributed by atoms with E-state index in [4.69, 9.17) is 0 Å². The molecule has 1 unspecified atom stereocenters. The lowest BCUT2D eigenvalue weighted by atomic mass is 9.94. The molecule has 0 bridgehead atoms. The number of fused-ring (bicyclic) bond motifs is 7. The first-order valence-corrected chi connectivity index (χ1v) is 18.9. The van der Waals surface area contributed by atoms with E-state index in [-0.39, 0.29) is 6.04 Å². The lowest BCUT2D eigenvalue weighted by Gasteiger charge is -2.21. The summed E-state index contributed by atoms with van der Waals surface area (Å²) in [5.74, 6) is 0. The van der Waals surface area contributed by atoms with Crippen LogP contribution in [-0.4, -0.2) is 9.13 Å². The molecule has 254 valence electrons. The van der Waals surface area contributed by atoms with Crippen molar-refractivity contribution in [2.75, 3.05) is 0 Å². The highest BCUT2D eigenvalue weighted by Gasteiger charge is 2.20. The van der Waals surface area contributed by atoms with E-state index in [0.29, 0.717) is 0 Å². The molecule has 2 heterocycles. The van der Waals surface area contributed by atoms with Crippen molar-refractivity contribution in [2.24, 2.45) is 0 Å². The number of hydrogen-bond acceptors (Lipinski definition) is 0. The van der Waals surface area contributed by atoms with Crippen LogP contribution in [0, 0.1) is 0 Å². The number of nitrogens with zero attached hydrogens (tertiary/aromatic N) is 2. The maximum Gasteiger partial charge on any atom is 0.0566 e. The van der Waals surface area contributed by atoms with Crippen molar-refractivity contribution in [3.63, 3.8) is 0 Å². The zero-order valence-electron chi connectivity index (χ0n) is 29.7. The smallest absolute Gasteiger partial charge is 0.0566 e. The number of benzene rings is 8. The largest absolute Gasteiger partial charge is 0.333 e. The van der Waals surface area contributed by atoms with Gasteiger partial charge in [0.2, 0.25) is 0 Å². The van der Waals surface area contributed by atoms with Crippen LogP contribution in [-0.2, 0) is 0 Å². The SMILES string of the molecule is C1=CC(c2ccc(-c3ccccc3)cc2)=CC(n2c3ccccc3c3cc(-c4ccc5c(c4)c4ccccc4n5-c4ccc5ccccc5c4)ccc32)C1. The topological polar surface area (TPSA) is 9.86 Å². The number of para-hydroxylation sites is 2. The van der Waals surface area contributed by atoms with Gasteiger partial charge in [0.25, 0.3) is 0 Å². The fraction of sp³-hybridized carbons (Fsp3) is 0.0385. The first kappa shape index (κ1) is 30.7. The molecule has 0 aliphatic heterocycles. The van der Waals surface area contributed by atoms with Crippen LogP contribution in [0.4, 0.5) is 0 Å². The van der Waals surface area contributed by atoms with Gasteiger partial charge in [-0.1, -0.05) is 152 Å². The second kappa shape index (κ2) is 12.4. The van der Waals surface area contributed by atoms with E-state index in [1.807, 2.05) is 0 Å². The molecule has 2 aromatic heterocycles. The molecule has 2 heteroatoms. The quantitative estimate of drug-likeness (QED) is 0.170. The van der Waals surface area contributed by atoms with E-state index < -0.39 is 0 Å². The molecule has 0 N–H and O–H groups in total. The van der Waals surface area contributed by atoms with Crippen LogP contribution in [0.5, 0.6) is 0 Å². The molecule has 0 fully saturated rings. The molecule has 2 nitrogen and oxygen atoms in total. The molecule has 0 saturated carbocycles.